The Morgan fingerprint density at radius 1 is 1.10 bits per heavy atom. The quantitative estimate of drug-likeness (QED) is 0.406. The molecule has 5 aromatic rings. The van der Waals surface area contributed by atoms with Crippen LogP contribution < -0.4 is 10.1 Å². The molecule has 154 valence electrons. The Morgan fingerprint density at radius 3 is 2.71 bits per heavy atom. The molecule has 3 aromatic carbocycles. The zero-order valence-electron chi connectivity index (χ0n) is 16.6. The highest BCUT2D eigenvalue weighted by Crippen LogP contribution is 2.34. The predicted molar refractivity (Wildman–Crippen MR) is 122 cm³/mol. The summed E-state index contributed by atoms with van der Waals surface area (Å²) in [7, 11) is 1.56. The topological polar surface area (TPSA) is 81.4 Å². The largest absolute Gasteiger partial charge is 0.495 e. The molecule has 1 amide bonds. The molecule has 31 heavy (non-hydrogen) atoms. The molecule has 7 nitrogen and oxygen atoms in total. The van der Waals surface area contributed by atoms with Gasteiger partial charge in [-0.3, -0.25) is 4.79 Å². The zero-order valence-corrected chi connectivity index (χ0v) is 18.2. The number of amides is 1. The van der Waals surface area contributed by atoms with Gasteiger partial charge in [-0.2, -0.15) is 9.61 Å². The third-order valence-electron chi connectivity index (χ3n) is 4.95. The SMILES string of the molecule is COc1ccc(-c2nn3c(C)nnc3s2)cc1NC(=O)c1cccc2c(Cl)cccc12. The highest BCUT2D eigenvalue weighted by Gasteiger charge is 2.16. The summed E-state index contributed by atoms with van der Waals surface area (Å²) < 4.78 is 7.16. The molecule has 2 aromatic heterocycles. The maximum absolute atomic E-state index is 13.2. The minimum Gasteiger partial charge on any atom is -0.495 e. The van der Waals surface area contributed by atoms with Crippen LogP contribution in [0, 0.1) is 6.92 Å². The van der Waals surface area contributed by atoms with Crippen molar-refractivity contribution in [1.82, 2.24) is 19.8 Å². The van der Waals surface area contributed by atoms with Gasteiger partial charge in [0.25, 0.3) is 5.91 Å². The summed E-state index contributed by atoms with van der Waals surface area (Å²) in [6.07, 6.45) is 0. The van der Waals surface area contributed by atoms with Crippen molar-refractivity contribution < 1.29 is 9.53 Å². The summed E-state index contributed by atoms with van der Waals surface area (Å²) in [5.74, 6) is 1.01. The Balaban J connectivity index is 1.53. The molecule has 0 atom stereocenters. The number of hydrogen-bond donors (Lipinski definition) is 1. The number of rotatable bonds is 4. The van der Waals surface area contributed by atoms with Gasteiger partial charge in [-0.1, -0.05) is 47.2 Å². The van der Waals surface area contributed by atoms with E-state index in [0.717, 1.165) is 21.3 Å². The van der Waals surface area contributed by atoms with Crippen LogP contribution in [0.2, 0.25) is 5.02 Å². The van der Waals surface area contributed by atoms with E-state index >= 15 is 0 Å². The van der Waals surface area contributed by atoms with Crippen molar-refractivity contribution in [3.05, 3.63) is 71.0 Å². The fourth-order valence-corrected chi connectivity index (χ4v) is 4.55. The second-order valence-electron chi connectivity index (χ2n) is 6.86. The second kappa shape index (κ2) is 7.64. The number of halogens is 1. The first-order chi connectivity index (χ1) is 15.0. The van der Waals surface area contributed by atoms with Gasteiger partial charge in [0.05, 0.1) is 12.8 Å². The number of carbonyl (C=O) groups excluding carboxylic acids is 1. The van der Waals surface area contributed by atoms with Crippen LogP contribution in [-0.4, -0.2) is 32.8 Å². The van der Waals surface area contributed by atoms with Gasteiger partial charge in [0.2, 0.25) is 4.96 Å². The summed E-state index contributed by atoms with van der Waals surface area (Å²) >= 11 is 7.72. The van der Waals surface area contributed by atoms with Gasteiger partial charge >= 0.3 is 0 Å². The molecule has 0 unspecified atom stereocenters. The van der Waals surface area contributed by atoms with Crippen LogP contribution in [0.25, 0.3) is 26.3 Å². The number of nitrogens with one attached hydrogen (secondary N) is 1. The number of nitrogens with zero attached hydrogens (tertiary/aromatic N) is 4. The van der Waals surface area contributed by atoms with E-state index in [9.17, 15) is 4.79 Å². The van der Waals surface area contributed by atoms with E-state index < -0.39 is 0 Å². The smallest absolute Gasteiger partial charge is 0.256 e. The first-order valence-electron chi connectivity index (χ1n) is 9.41. The van der Waals surface area contributed by atoms with Gasteiger partial charge in [-0.15, -0.1) is 10.2 Å². The molecule has 0 bridgehead atoms. The molecule has 5 rings (SSSR count). The van der Waals surface area contributed by atoms with Crippen molar-refractivity contribution in [3.63, 3.8) is 0 Å². The van der Waals surface area contributed by atoms with Crippen LogP contribution in [0.5, 0.6) is 5.75 Å². The standard InChI is InChI=1S/C22H16ClN5O2S/c1-12-25-26-22-28(12)27-21(31-22)13-9-10-19(30-2)18(11-13)24-20(29)16-7-3-6-15-14(16)5-4-8-17(15)23/h3-11H,1-2H3,(H,24,29). The fraction of sp³-hybridized carbons (Fsp3) is 0.0909. The molecule has 0 aliphatic carbocycles. The number of fused-ring (bicyclic) bond motifs is 2. The van der Waals surface area contributed by atoms with E-state index in [1.54, 1.807) is 29.8 Å². The number of anilines is 1. The Kier molecular flexibility index (Phi) is 4.80. The summed E-state index contributed by atoms with van der Waals surface area (Å²) in [6.45, 7) is 1.85. The highest BCUT2D eigenvalue weighted by atomic mass is 35.5. The van der Waals surface area contributed by atoms with Crippen molar-refractivity contribution in [2.45, 2.75) is 6.92 Å². The average Bonchev–Trinajstić information content (AvgIpc) is 3.36. The molecule has 2 heterocycles. The predicted octanol–water partition coefficient (Wildman–Crippen LogP) is 5.23. The number of methoxy groups -OCH3 is 1. The Morgan fingerprint density at radius 2 is 1.90 bits per heavy atom. The lowest BCUT2D eigenvalue weighted by Gasteiger charge is -2.13. The lowest BCUT2D eigenvalue weighted by atomic mass is 10.0. The third-order valence-corrected chi connectivity index (χ3v) is 6.23. The molecule has 0 aliphatic heterocycles. The minimum atomic E-state index is -0.252. The lowest BCUT2D eigenvalue weighted by molar-refractivity contribution is 0.102. The number of hydrogen-bond acceptors (Lipinski definition) is 6. The van der Waals surface area contributed by atoms with Crippen LogP contribution in [0.15, 0.2) is 54.6 Å². The van der Waals surface area contributed by atoms with Gasteiger partial charge in [0, 0.05) is 21.5 Å². The Bertz CT molecular complexity index is 1460. The van der Waals surface area contributed by atoms with Crippen LogP contribution in [0.1, 0.15) is 16.2 Å². The van der Waals surface area contributed by atoms with E-state index in [4.69, 9.17) is 16.3 Å². The molecule has 1 N–H and O–H groups in total. The monoisotopic (exact) mass is 449 g/mol. The highest BCUT2D eigenvalue weighted by molar-refractivity contribution is 7.19. The van der Waals surface area contributed by atoms with Gasteiger partial charge in [-0.25, -0.2) is 0 Å². The molecule has 0 saturated carbocycles. The number of ether oxygens (including phenoxy) is 1. The molecule has 0 fully saturated rings. The van der Waals surface area contributed by atoms with Crippen LogP contribution >= 0.6 is 22.9 Å². The third kappa shape index (κ3) is 3.39. The van der Waals surface area contributed by atoms with E-state index in [1.165, 1.54) is 11.3 Å². The maximum Gasteiger partial charge on any atom is 0.256 e. The van der Waals surface area contributed by atoms with E-state index in [-0.39, 0.29) is 5.91 Å². The lowest BCUT2D eigenvalue weighted by Crippen LogP contribution is -2.13. The Labute approximate surface area is 186 Å². The number of aryl methyl sites for hydroxylation is 1. The van der Waals surface area contributed by atoms with E-state index in [2.05, 4.69) is 20.6 Å². The zero-order chi connectivity index (χ0) is 21.5. The first-order valence-corrected chi connectivity index (χ1v) is 10.6. The maximum atomic E-state index is 13.2. The molecule has 9 heteroatoms. The number of benzene rings is 3. The summed E-state index contributed by atoms with van der Waals surface area (Å²) in [6, 6.07) is 16.5. The van der Waals surface area contributed by atoms with E-state index in [1.807, 2.05) is 43.3 Å². The first kappa shape index (κ1) is 19.5. The molecule has 0 spiro atoms. The number of aromatic nitrogens is 4. The van der Waals surface area contributed by atoms with Crippen molar-refractivity contribution >= 4 is 50.3 Å². The number of carbonyl (C=O) groups is 1. The molecule has 0 saturated heterocycles. The van der Waals surface area contributed by atoms with Gasteiger partial charge < -0.3 is 10.1 Å². The summed E-state index contributed by atoms with van der Waals surface area (Å²) in [5, 5.41) is 18.6. The van der Waals surface area contributed by atoms with Crippen LogP contribution in [0.4, 0.5) is 5.69 Å². The second-order valence-corrected chi connectivity index (χ2v) is 8.22. The summed E-state index contributed by atoms with van der Waals surface area (Å²) in [5.41, 5.74) is 1.92. The van der Waals surface area contributed by atoms with Crippen molar-refractivity contribution in [3.8, 4) is 16.3 Å². The van der Waals surface area contributed by atoms with Crippen LogP contribution in [-0.2, 0) is 0 Å². The van der Waals surface area contributed by atoms with Gasteiger partial charge in [0.15, 0.2) is 5.82 Å². The molecular weight excluding hydrogens is 434 g/mol. The van der Waals surface area contributed by atoms with Gasteiger partial charge in [0.1, 0.15) is 10.8 Å². The molecule has 0 aliphatic rings. The van der Waals surface area contributed by atoms with Crippen molar-refractivity contribution in [1.29, 1.82) is 0 Å². The normalized spacial score (nSPS) is 11.2. The molecule has 0 radical (unpaired) electrons. The van der Waals surface area contributed by atoms with Crippen molar-refractivity contribution in [2.24, 2.45) is 0 Å². The summed E-state index contributed by atoms with van der Waals surface area (Å²) in [4.78, 5) is 13.9. The Hall–Kier alpha value is -3.49. The van der Waals surface area contributed by atoms with Gasteiger partial charge in [-0.05, 0) is 42.6 Å². The van der Waals surface area contributed by atoms with Crippen LogP contribution in [0.3, 0.4) is 0 Å². The van der Waals surface area contributed by atoms with Crippen molar-refractivity contribution in [2.75, 3.05) is 12.4 Å². The fourth-order valence-electron chi connectivity index (χ4n) is 3.43. The minimum absolute atomic E-state index is 0.252. The van der Waals surface area contributed by atoms with E-state index in [0.29, 0.717) is 32.8 Å². The average molecular weight is 450 g/mol. The molecular formula is C22H16ClN5O2S.